The number of piperidine rings is 1. The van der Waals surface area contributed by atoms with Gasteiger partial charge in [-0.1, -0.05) is 11.6 Å². The molecule has 1 atom stereocenters. The molecule has 26 heavy (non-hydrogen) atoms. The molecule has 134 valence electrons. The summed E-state index contributed by atoms with van der Waals surface area (Å²) in [6.45, 7) is 0.942. The third-order valence-electron chi connectivity index (χ3n) is 4.34. The smallest absolute Gasteiger partial charge is 0.407 e. The van der Waals surface area contributed by atoms with Crippen molar-refractivity contribution in [2.24, 2.45) is 0 Å². The van der Waals surface area contributed by atoms with Crippen molar-refractivity contribution >= 4 is 29.0 Å². The summed E-state index contributed by atoms with van der Waals surface area (Å²) in [6.07, 6.45) is 9.02. The molecule has 0 aliphatic carbocycles. The standard InChI is InChI=1S/C16H16ClN7O2/c17-12-7-19-14(11-6-20-24-5-3-18-8-13(11)24)22-15(12)21-10-2-1-4-23(9-10)16(25)26/h3,5-8,10H,1-2,4,9H2,(H,25,26)(H,19,21,22). The van der Waals surface area contributed by atoms with Crippen molar-refractivity contribution in [2.75, 3.05) is 18.4 Å². The first kappa shape index (κ1) is 16.5. The molecule has 2 N–H and O–H groups in total. The molecule has 0 spiro atoms. The lowest BCUT2D eigenvalue weighted by molar-refractivity contribution is 0.133. The average molecular weight is 374 g/mol. The topological polar surface area (TPSA) is 109 Å². The maximum absolute atomic E-state index is 11.2. The molecule has 0 radical (unpaired) electrons. The predicted molar refractivity (Wildman–Crippen MR) is 95.3 cm³/mol. The lowest BCUT2D eigenvalue weighted by Gasteiger charge is -2.31. The number of hydrogen-bond donors (Lipinski definition) is 2. The molecular weight excluding hydrogens is 358 g/mol. The van der Waals surface area contributed by atoms with Crippen molar-refractivity contribution in [1.82, 2.24) is 29.5 Å². The van der Waals surface area contributed by atoms with Crippen LogP contribution in [0, 0.1) is 0 Å². The third-order valence-corrected chi connectivity index (χ3v) is 4.62. The lowest BCUT2D eigenvalue weighted by Crippen LogP contribution is -2.44. The van der Waals surface area contributed by atoms with E-state index < -0.39 is 6.09 Å². The van der Waals surface area contributed by atoms with Crippen LogP contribution in [0.15, 0.2) is 31.0 Å². The van der Waals surface area contributed by atoms with Crippen LogP contribution in [0.5, 0.6) is 0 Å². The Morgan fingerprint density at radius 3 is 3.08 bits per heavy atom. The zero-order valence-corrected chi connectivity index (χ0v) is 14.5. The molecule has 1 unspecified atom stereocenters. The maximum Gasteiger partial charge on any atom is 0.407 e. The van der Waals surface area contributed by atoms with E-state index in [2.05, 4.69) is 25.4 Å². The van der Waals surface area contributed by atoms with Gasteiger partial charge in [0.15, 0.2) is 5.82 Å². The fourth-order valence-electron chi connectivity index (χ4n) is 3.07. The Morgan fingerprint density at radius 2 is 2.23 bits per heavy atom. The van der Waals surface area contributed by atoms with Gasteiger partial charge in [-0.25, -0.2) is 19.3 Å². The van der Waals surface area contributed by atoms with Crippen molar-refractivity contribution in [3.8, 4) is 11.4 Å². The molecule has 4 rings (SSSR count). The van der Waals surface area contributed by atoms with Crippen LogP contribution in [0.25, 0.3) is 16.9 Å². The van der Waals surface area contributed by atoms with Crippen LogP contribution in [0.2, 0.25) is 5.02 Å². The lowest BCUT2D eigenvalue weighted by atomic mass is 10.1. The van der Waals surface area contributed by atoms with E-state index in [9.17, 15) is 9.90 Å². The van der Waals surface area contributed by atoms with Crippen LogP contribution in [0.1, 0.15) is 12.8 Å². The van der Waals surface area contributed by atoms with Gasteiger partial charge in [-0.15, -0.1) is 0 Å². The second kappa shape index (κ2) is 6.75. The van der Waals surface area contributed by atoms with E-state index in [1.807, 2.05) is 0 Å². The highest BCUT2D eigenvalue weighted by Crippen LogP contribution is 2.26. The molecule has 1 aliphatic rings. The zero-order valence-electron chi connectivity index (χ0n) is 13.7. The van der Waals surface area contributed by atoms with Crippen LogP contribution in [-0.2, 0) is 0 Å². The molecule has 1 saturated heterocycles. The highest BCUT2D eigenvalue weighted by Gasteiger charge is 2.24. The predicted octanol–water partition coefficient (Wildman–Crippen LogP) is 2.39. The number of likely N-dealkylation sites (tertiary alicyclic amines) is 1. The van der Waals surface area contributed by atoms with Gasteiger partial charge in [0.1, 0.15) is 10.8 Å². The Kier molecular flexibility index (Phi) is 4.29. The van der Waals surface area contributed by atoms with Crippen LogP contribution in [0.3, 0.4) is 0 Å². The molecule has 0 aromatic carbocycles. The second-order valence-electron chi connectivity index (χ2n) is 6.07. The van der Waals surface area contributed by atoms with Gasteiger partial charge in [0.25, 0.3) is 0 Å². The van der Waals surface area contributed by atoms with E-state index in [1.54, 1.807) is 29.3 Å². The fourth-order valence-corrected chi connectivity index (χ4v) is 3.21. The van der Waals surface area contributed by atoms with Gasteiger partial charge >= 0.3 is 6.09 Å². The molecule has 9 nitrogen and oxygen atoms in total. The van der Waals surface area contributed by atoms with Gasteiger partial charge in [0, 0.05) is 31.5 Å². The van der Waals surface area contributed by atoms with Gasteiger partial charge < -0.3 is 15.3 Å². The SMILES string of the molecule is O=C(O)N1CCCC(Nc2nc(-c3cnn4ccncc34)ncc2Cl)C1. The van der Waals surface area contributed by atoms with E-state index >= 15 is 0 Å². The minimum atomic E-state index is -0.912. The van der Waals surface area contributed by atoms with Gasteiger partial charge in [-0.05, 0) is 12.8 Å². The number of amides is 1. The number of carbonyl (C=O) groups is 1. The van der Waals surface area contributed by atoms with Crippen molar-refractivity contribution in [3.05, 3.63) is 36.0 Å². The monoisotopic (exact) mass is 373 g/mol. The van der Waals surface area contributed by atoms with Crippen LogP contribution >= 0.6 is 11.6 Å². The highest BCUT2D eigenvalue weighted by molar-refractivity contribution is 6.32. The number of hydrogen-bond acceptors (Lipinski definition) is 6. The van der Waals surface area contributed by atoms with E-state index in [0.717, 1.165) is 23.9 Å². The van der Waals surface area contributed by atoms with Crippen LogP contribution in [-0.4, -0.2) is 59.8 Å². The summed E-state index contributed by atoms with van der Waals surface area (Å²) in [5.41, 5.74) is 1.53. The molecule has 1 amide bonds. The number of halogens is 1. The molecule has 4 heterocycles. The van der Waals surface area contributed by atoms with Gasteiger partial charge in [0.05, 0.1) is 29.7 Å². The number of nitrogens with one attached hydrogen (secondary N) is 1. The molecule has 1 fully saturated rings. The number of anilines is 1. The molecule has 1 aliphatic heterocycles. The molecule has 3 aromatic rings. The number of aromatic nitrogens is 5. The number of fused-ring (bicyclic) bond motifs is 1. The maximum atomic E-state index is 11.2. The van der Waals surface area contributed by atoms with Gasteiger partial charge in [0.2, 0.25) is 0 Å². The molecule has 10 heteroatoms. The van der Waals surface area contributed by atoms with Crippen molar-refractivity contribution in [3.63, 3.8) is 0 Å². The summed E-state index contributed by atoms with van der Waals surface area (Å²) in [6, 6.07) is -0.0503. The quantitative estimate of drug-likeness (QED) is 0.725. The van der Waals surface area contributed by atoms with E-state index in [4.69, 9.17) is 11.6 Å². The molecule has 0 saturated carbocycles. The highest BCUT2D eigenvalue weighted by atomic mass is 35.5. The summed E-state index contributed by atoms with van der Waals surface area (Å²) in [5.74, 6) is 0.961. The van der Waals surface area contributed by atoms with Crippen LogP contribution in [0.4, 0.5) is 10.6 Å². The normalized spacial score (nSPS) is 17.4. The summed E-state index contributed by atoms with van der Waals surface area (Å²) in [4.78, 5) is 25.5. The van der Waals surface area contributed by atoms with E-state index in [-0.39, 0.29) is 6.04 Å². The average Bonchev–Trinajstić information content (AvgIpc) is 3.08. The molecule has 0 bridgehead atoms. The van der Waals surface area contributed by atoms with E-state index in [1.165, 1.54) is 11.1 Å². The Bertz CT molecular complexity index is 961. The third kappa shape index (κ3) is 3.13. The molecular formula is C16H16ClN7O2. The number of rotatable bonds is 3. The minimum Gasteiger partial charge on any atom is -0.465 e. The first-order valence-corrected chi connectivity index (χ1v) is 8.54. The summed E-state index contributed by atoms with van der Waals surface area (Å²) < 4.78 is 1.69. The van der Waals surface area contributed by atoms with Crippen molar-refractivity contribution in [1.29, 1.82) is 0 Å². The Hall–Kier alpha value is -2.94. The largest absolute Gasteiger partial charge is 0.465 e. The van der Waals surface area contributed by atoms with Crippen LogP contribution < -0.4 is 5.32 Å². The summed E-state index contributed by atoms with van der Waals surface area (Å²) >= 11 is 6.24. The first-order chi connectivity index (χ1) is 12.6. The van der Waals surface area contributed by atoms with Crippen molar-refractivity contribution < 1.29 is 9.90 Å². The van der Waals surface area contributed by atoms with E-state index in [0.29, 0.717) is 29.8 Å². The van der Waals surface area contributed by atoms with Gasteiger partial charge in [-0.2, -0.15) is 5.10 Å². The fraction of sp³-hybridized carbons (Fsp3) is 0.312. The second-order valence-corrected chi connectivity index (χ2v) is 6.47. The Morgan fingerprint density at radius 1 is 1.35 bits per heavy atom. The number of carboxylic acid groups (broad SMARTS) is 1. The Balaban J connectivity index is 1.61. The first-order valence-electron chi connectivity index (χ1n) is 8.16. The van der Waals surface area contributed by atoms with Crippen molar-refractivity contribution in [2.45, 2.75) is 18.9 Å². The summed E-state index contributed by atoms with van der Waals surface area (Å²) in [7, 11) is 0. The molecule has 3 aromatic heterocycles. The number of nitrogens with zero attached hydrogens (tertiary/aromatic N) is 6. The minimum absolute atomic E-state index is 0.0503. The van der Waals surface area contributed by atoms with Gasteiger partial charge in [-0.3, -0.25) is 4.98 Å². The zero-order chi connectivity index (χ0) is 18.1. The summed E-state index contributed by atoms with van der Waals surface area (Å²) in [5, 5.41) is 17.1. The Labute approximate surface area is 153 Å².